The van der Waals surface area contributed by atoms with E-state index in [1.165, 1.54) is 0 Å². The highest BCUT2D eigenvalue weighted by Crippen LogP contribution is 2.29. The summed E-state index contributed by atoms with van der Waals surface area (Å²) in [6.07, 6.45) is 2.22. The zero-order valence-electron chi connectivity index (χ0n) is 17.0. The molecule has 0 aliphatic rings. The summed E-state index contributed by atoms with van der Waals surface area (Å²) in [7, 11) is 5.43. The topological polar surface area (TPSA) is 58.1 Å². The largest absolute Gasteiger partial charge is 0.493 e. The van der Waals surface area contributed by atoms with E-state index in [2.05, 4.69) is 48.3 Å². The van der Waals surface area contributed by atoms with Crippen LogP contribution in [0.5, 0.6) is 11.5 Å². The summed E-state index contributed by atoms with van der Waals surface area (Å²) in [5.74, 6) is 2.19. The van der Waals surface area contributed by atoms with E-state index in [1.807, 2.05) is 18.2 Å². The number of hydrogen-bond donors (Lipinski definition) is 2. The van der Waals surface area contributed by atoms with Gasteiger partial charge in [-0.1, -0.05) is 0 Å². The lowest BCUT2D eigenvalue weighted by Crippen LogP contribution is -2.31. The predicted octanol–water partition coefficient (Wildman–Crippen LogP) is 3.82. The zero-order valence-corrected chi connectivity index (χ0v) is 19.3. The molecular weight excluding hydrogens is 443 g/mol. The first-order valence-corrected chi connectivity index (χ1v) is 8.99. The molecule has 1 rings (SSSR count). The van der Waals surface area contributed by atoms with Crippen molar-refractivity contribution < 1.29 is 9.47 Å². The molecule has 0 saturated heterocycles. The molecule has 0 fully saturated rings. The molecule has 0 aromatic heterocycles. The Morgan fingerprint density at radius 1 is 1.15 bits per heavy atom. The third-order valence-corrected chi connectivity index (χ3v) is 4.06. The van der Waals surface area contributed by atoms with Gasteiger partial charge in [0.2, 0.25) is 0 Å². The van der Waals surface area contributed by atoms with Crippen LogP contribution in [0.25, 0.3) is 0 Å². The first-order chi connectivity index (χ1) is 12.0. The molecule has 0 aliphatic heterocycles. The van der Waals surface area contributed by atoms with Gasteiger partial charge >= 0.3 is 0 Å². The van der Waals surface area contributed by atoms with Gasteiger partial charge in [0.25, 0.3) is 0 Å². The molecule has 0 amide bonds. The van der Waals surface area contributed by atoms with Crippen LogP contribution in [-0.2, 0) is 0 Å². The van der Waals surface area contributed by atoms with E-state index in [4.69, 9.17) is 9.47 Å². The maximum absolute atomic E-state index is 5.34. The van der Waals surface area contributed by atoms with Crippen molar-refractivity contribution in [3.8, 4) is 11.5 Å². The number of aliphatic imine (C=N–C) groups is 1. The number of guanidine groups is 1. The molecule has 1 aromatic rings. The highest BCUT2D eigenvalue weighted by Gasteiger charge is 2.06. The number of rotatable bonds is 10. The number of nitrogens with one attached hydrogen (secondary N) is 2. The molecule has 6 nitrogen and oxygen atoms in total. The molecule has 1 aromatic carbocycles. The lowest BCUT2D eigenvalue weighted by Gasteiger charge is -2.20. The van der Waals surface area contributed by atoms with Crippen LogP contribution >= 0.6 is 24.0 Å². The van der Waals surface area contributed by atoms with Crippen molar-refractivity contribution in [2.24, 2.45) is 4.99 Å². The summed E-state index contributed by atoms with van der Waals surface area (Å²) in [5, 5.41) is 6.59. The van der Waals surface area contributed by atoms with E-state index in [1.54, 1.807) is 14.2 Å². The number of anilines is 1. The molecular formula is C19H35IN4O2. The van der Waals surface area contributed by atoms with E-state index in [0.717, 1.165) is 44.1 Å². The molecule has 0 unspecified atom stereocenters. The fourth-order valence-electron chi connectivity index (χ4n) is 2.28. The summed E-state index contributed by atoms with van der Waals surface area (Å²) in [6, 6.07) is 6.33. The maximum atomic E-state index is 5.34. The van der Waals surface area contributed by atoms with Gasteiger partial charge in [-0.2, -0.15) is 0 Å². The molecule has 0 aliphatic carbocycles. The Bertz CT molecular complexity index is 538. The summed E-state index contributed by atoms with van der Waals surface area (Å²) in [6.45, 7) is 9.21. The van der Waals surface area contributed by atoms with E-state index >= 15 is 0 Å². The smallest absolute Gasteiger partial charge is 0.195 e. The summed E-state index contributed by atoms with van der Waals surface area (Å²) < 4.78 is 10.6. The third kappa shape index (κ3) is 8.93. The second-order valence-electron chi connectivity index (χ2n) is 6.24. The zero-order chi connectivity index (χ0) is 18.7. The molecule has 0 radical (unpaired) electrons. The lowest BCUT2D eigenvalue weighted by atomic mass is 10.2. The van der Waals surface area contributed by atoms with Gasteiger partial charge in [0, 0.05) is 30.9 Å². The van der Waals surface area contributed by atoms with Crippen molar-refractivity contribution in [3.05, 3.63) is 18.2 Å². The van der Waals surface area contributed by atoms with Crippen molar-refractivity contribution in [2.45, 2.75) is 39.7 Å². The standard InChI is InChI=1S/C19H34N4O2.HI/c1-7-20-19(21-12-8-9-13-23(4)15(2)3)22-16-10-11-17(24-5)18(14-16)25-6;/h10-11,14-15H,7-9,12-13H2,1-6H3,(H2,20,21,22);1H. The lowest BCUT2D eigenvalue weighted by molar-refractivity contribution is 0.269. The number of halogens is 1. The number of methoxy groups -OCH3 is 2. The van der Waals surface area contributed by atoms with Gasteiger partial charge in [-0.25, -0.2) is 0 Å². The number of ether oxygens (including phenoxy) is 2. The second kappa shape index (κ2) is 13.9. The van der Waals surface area contributed by atoms with Crippen LogP contribution in [0.15, 0.2) is 23.2 Å². The first kappa shape index (κ1) is 24.8. The van der Waals surface area contributed by atoms with Crippen molar-refractivity contribution in [1.29, 1.82) is 0 Å². The van der Waals surface area contributed by atoms with Gasteiger partial charge in [0.05, 0.1) is 14.2 Å². The molecule has 150 valence electrons. The molecule has 0 atom stereocenters. The summed E-state index contributed by atoms with van der Waals surface area (Å²) in [5.41, 5.74) is 0.914. The number of benzene rings is 1. The maximum Gasteiger partial charge on any atom is 0.195 e. The van der Waals surface area contributed by atoms with Crippen LogP contribution in [0.4, 0.5) is 5.69 Å². The predicted molar refractivity (Wildman–Crippen MR) is 122 cm³/mol. The van der Waals surface area contributed by atoms with Gasteiger partial charge in [0.15, 0.2) is 17.5 Å². The van der Waals surface area contributed by atoms with Gasteiger partial charge in [-0.05, 0) is 59.3 Å². The average molecular weight is 478 g/mol. The van der Waals surface area contributed by atoms with Gasteiger partial charge < -0.3 is 25.0 Å². The van der Waals surface area contributed by atoms with Gasteiger partial charge in [0.1, 0.15) is 0 Å². The van der Waals surface area contributed by atoms with Crippen LogP contribution in [0.3, 0.4) is 0 Å². The highest BCUT2D eigenvalue weighted by molar-refractivity contribution is 14.0. The Balaban J connectivity index is 0.00000625. The third-order valence-electron chi connectivity index (χ3n) is 4.06. The molecule has 2 N–H and O–H groups in total. The second-order valence-corrected chi connectivity index (χ2v) is 6.24. The quantitative estimate of drug-likeness (QED) is 0.232. The Morgan fingerprint density at radius 3 is 2.42 bits per heavy atom. The van der Waals surface area contributed by atoms with Crippen LogP contribution in [-0.4, -0.2) is 57.8 Å². The molecule has 0 spiro atoms. The average Bonchev–Trinajstić information content (AvgIpc) is 2.61. The van der Waals surface area contributed by atoms with E-state index in [-0.39, 0.29) is 24.0 Å². The van der Waals surface area contributed by atoms with Crippen molar-refractivity contribution in [1.82, 2.24) is 10.2 Å². The molecule has 7 heteroatoms. The SMILES string of the molecule is CCNC(=NCCCCN(C)C(C)C)Nc1ccc(OC)c(OC)c1.I. The van der Waals surface area contributed by atoms with Crippen molar-refractivity contribution in [3.63, 3.8) is 0 Å². The van der Waals surface area contributed by atoms with Gasteiger partial charge in [-0.3, -0.25) is 4.99 Å². The minimum absolute atomic E-state index is 0. The molecule has 0 heterocycles. The van der Waals surface area contributed by atoms with Gasteiger partial charge in [-0.15, -0.1) is 24.0 Å². The summed E-state index contributed by atoms with van der Waals surface area (Å²) in [4.78, 5) is 7.01. The van der Waals surface area contributed by atoms with Crippen molar-refractivity contribution in [2.75, 3.05) is 46.2 Å². The normalized spacial score (nSPS) is 11.3. The molecule has 26 heavy (non-hydrogen) atoms. The number of nitrogens with zero attached hydrogens (tertiary/aromatic N) is 2. The van der Waals surface area contributed by atoms with E-state index < -0.39 is 0 Å². The fraction of sp³-hybridized carbons (Fsp3) is 0.632. The summed E-state index contributed by atoms with van der Waals surface area (Å²) >= 11 is 0. The molecule has 0 saturated carbocycles. The Hall–Kier alpha value is -1.22. The van der Waals surface area contributed by atoms with Crippen LogP contribution in [0.1, 0.15) is 33.6 Å². The Morgan fingerprint density at radius 2 is 1.85 bits per heavy atom. The van der Waals surface area contributed by atoms with Crippen LogP contribution < -0.4 is 20.1 Å². The fourth-order valence-corrected chi connectivity index (χ4v) is 2.28. The van der Waals surface area contributed by atoms with Crippen molar-refractivity contribution >= 4 is 35.6 Å². The highest BCUT2D eigenvalue weighted by atomic mass is 127. The monoisotopic (exact) mass is 478 g/mol. The Labute approximate surface area is 175 Å². The van der Waals surface area contributed by atoms with E-state index in [9.17, 15) is 0 Å². The Kier molecular flexibility index (Phi) is 13.3. The van der Waals surface area contributed by atoms with Crippen LogP contribution in [0, 0.1) is 0 Å². The number of hydrogen-bond acceptors (Lipinski definition) is 4. The molecule has 0 bridgehead atoms. The van der Waals surface area contributed by atoms with Crippen LogP contribution in [0.2, 0.25) is 0 Å². The number of unbranched alkanes of at least 4 members (excludes halogenated alkanes) is 1. The van der Waals surface area contributed by atoms with E-state index in [0.29, 0.717) is 17.5 Å². The minimum atomic E-state index is 0. The minimum Gasteiger partial charge on any atom is -0.493 e. The first-order valence-electron chi connectivity index (χ1n) is 8.99.